The second-order valence-electron chi connectivity index (χ2n) is 8.78. The predicted molar refractivity (Wildman–Crippen MR) is 128 cm³/mol. The summed E-state index contributed by atoms with van der Waals surface area (Å²) in [4.78, 5) is 13.0. The minimum atomic E-state index is -3.84. The van der Waals surface area contributed by atoms with Crippen molar-refractivity contribution < 1.29 is 13.2 Å². The number of hydrazone groups is 1. The second kappa shape index (κ2) is 10.4. The van der Waals surface area contributed by atoms with Gasteiger partial charge in [-0.25, -0.2) is 13.8 Å². The molecule has 32 heavy (non-hydrogen) atoms. The smallest absolute Gasteiger partial charge is 0.255 e. The Balaban J connectivity index is 1.84. The van der Waals surface area contributed by atoms with Crippen molar-refractivity contribution in [3.63, 3.8) is 0 Å². The van der Waals surface area contributed by atoms with Gasteiger partial charge in [0, 0.05) is 6.04 Å². The number of benzene rings is 2. The standard InChI is InChI=1S/C25H33N3O3S/c1-18-9-8-10-22(15-18)16-26-27-24(29)17-28(23-11-6-5-7-12-23)32(30,31)25-20(3)13-19(2)14-21(25)4/h8-10,13-16,23H,5-7,11-12,17H2,1-4H3,(H,27,29). The normalized spacial score (nSPS) is 15.4. The molecule has 0 heterocycles. The minimum Gasteiger partial charge on any atom is -0.272 e. The molecule has 1 aliphatic carbocycles. The number of rotatable bonds is 7. The van der Waals surface area contributed by atoms with Crippen molar-refractivity contribution >= 4 is 22.1 Å². The highest BCUT2D eigenvalue weighted by Gasteiger charge is 2.35. The van der Waals surface area contributed by atoms with E-state index in [1.807, 2.05) is 64.1 Å². The Hall–Kier alpha value is -2.51. The predicted octanol–water partition coefficient (Wildman–Crippen LogP) is 4.39. The Morgan fingerprint density at radius 3 is 2.31 bits per heavy atom. The van der Waals surface area contributed by atoms with Crippen LogP contribution in [0.2, 0.25) is 0 Å². The Kier molecular flexibility index (Phi) is 7.85. The quantitative estimate of drug-likeness (QED) is 0.497. The molecule has 0 radical (unpaired) electrons. The fourth-order valence-electron chi connectivity index (χ4n) is 4.58. The SMILES string of the molecule is Cc1cccc(C=NNC(=O)CN(C2CCCCC2)S(=O)(=O)c2c(C)cc(C)cc2C)c1. The molecule has 0 unspecified atom stereocenters. The van der Waals surface area contributed by atoms with Crippen molar-refractivity contribution in [1.82, 2.24) is 9.73 Å². The summed E-state index contributed by atoms with van der Waals surface area (Å²) in [5.41, 5.74) is 6.91. The molecule has 6 nitrogen and oxygen atoms in total. The molecule has 1 aliphatic rings. The Morgan fingerprint density at radius 2 is 1.69 bits per heavy atom. The number of amides is 1. The minimum absolute atomic E-state index is 0.180. The van der Waals surface area contributed by atoms with Crippen LogP contribution < -0.4 is 5.43 Å². The Morgan fingerprint density at radius 1 is 1.03 bits per heavy atom. The average Bonchev–Trinajstić information content (AvgIpc) is 2.71. The van der Waals surface area contributed by atoms with Crippen molar-refractivity contribution in [3.05, 3.63) is 64.2 Å². The van der Waals surface area contributed by atoms with Crippen molar-refractivity contribution in [3.8, 4) is 0 Å². The van der Waals surface area contributed by atoms with Crippen molar-refractivity contribution in [1.29, 1.82) is 0 Å². The molecule has 1 amide bonds. The number of nitrogens with zero attached hydrogens (tertiary/aromatic N) is 2. The summed E-state index contributed by atoms with van der Waals surface area (Å²) < 4.78 is 28.9. The van der Waals surface area contributed by atoms with Gasteiger partial charge in [-0.1, -0.05) is 66.8 Å². The highest BCUT2D eigenvalue weighted by atomic mass is 32.2. The highest BCUT2D eigenvalue weighted by molar-refractivity contribution is 7.89. The molecule has 2 aromatic carbocycles. The van der Waals surface area contributed by atoms with Crippen LogP contribution >= 0.6 is 0 Å². The summed E-state index contributed by atoms with van der Waals surface area (Å²) in [7, 11) is -3.84. The number of hydrogen-bond acceptors (Lipinski definition) is 4. The Bertz CT molecular complexity index is 1080. The van der Waals surface area contributed by atoms with E-state index in [9.17, 15) is 13.2 Å². The molecule has 0 aliphatic heterocycles. The fraction of sp³-hybridized carbons (Fsp3) is 0.440. The molecule has 1 N–H and O–H groups in total. The lowest BCUT2D eigenvalue weighted by atomic mass is 9.95. The zero-order chi connectivity index (χ0) is 23.3. The summed E-state index contributed by atoms with van der Waals surface area (Å²) in [6.45, 7) is 7.33. The fourth-order valence-corrected chi connectivity index (χ4v) is 6.63. The second-order valence-corrected chi connectivity index (χ2v) is 10.6. The molecule has 1 fully saturated rings. The number of nitrogens with one attached hydrogen (secondary N) is 1. The monoisotopic (exact) mass is 455 g/mol. The van der Waals surface area contributed by atoms with Crippen LogP contribution in [0, 0.1) is 27.7 Å². The van der Waals surface area contributed by atoms with Gasteiger partial charge in [0.05, 0.1) is 17.7 Å². The molecule has 3 rings (SSSR count). The molecule has 0 aromatic heterocycles. The van der Waals surface area contributed by atoms with Crippen LogP contribution in [0.5, 0.6) is 0 Å². The summed E-state index contributed by atoms with van der Waals surface area (Å²) in [5.74, 6) is -0.439. The zero-order valence-corrected chi connectivity index (χ0v) is 20.2. The molecule has 0 spiro atoms. The van der Waals surface area contributed by atoms with Gasteiger partial charge in [-0.2, -0.15) is 9.41 Å². The van der Waals surface area contributed by atoms with Gasteiger partial charge >= 0.3 is 0 Å². The van der Waals surface area contributed by atoms with Crippen molar-refractivity contribution in [2.45, 2.75) is 70.7 Å². The third-order valence-corrected chi connectivity index (χ3v) is 8.10. The highest BCUT2D eigenvalue weighted by Crippen LogP contribution is 2.31. The number of sulfonamides is 1. The molecule has 1 saturated carbocycles. The van der Waals surface area contributed by atoms with E-state index in [2.05, 4.69) is 10.5 Å². The van der Waals surface area contributed by atoms with Gasteiger partial charge in [-0.15, -0.1) is 0 Å². The third kappa shape index (κ3) is 5.84. The van der Waals surface area contributed by atoms with E-state index in [1.165, 1.54) is 4.31 Å². The molecule has 7 heteroatoms. The van der Waals surface area contributed by atoms with Crippen molar-refractivity contribution in [2.24, 2.45) is 5.10 Å². The van der Waals surface area contributed by atoms with Crippen LogP contribution in [0.1, 0.15) is 59.9 Å². The summed E-state index contributed by atoms with van der Waals surface area (Å²) in [6.07, 6.45) is 6.13. The van der Waals surface area contributed by atoms with Crippen LogP contribution in [0.4, 0.5) is 0 Å². The van der Waals surface area contributed by atoms with Gasteiger partial charge in [0.2, 0.25) is 10.0 Å². The lowest BCUT2D eigenvalue weighted by Gasteiger charge is -2.33. The maximum atomic E-state index is 13.8. The number of carbonyl (C=O) groups is 1. The molecule has 2 aromatic rings. The van der Waals surface area contributed by atoms with E-state index in [-0.39, 0.29) is 12.6 Å². The summed E-state index contributed by atoms with van der Waals surface area (Å²) in [6, 6.07) is 11.3. The van der Waals surface area contributed by atoms with E-state index in [0.717, 1.165) is 48.8 Å². The number of aryl methyl sites for hydroxylation is 4. The van der Waals surface area contributed by atoms with E-state index >= 15 is 0 Å². The van der Waals surface area contributed by atoms with Crippen LogP contribution in [-0.2, 0) is 14.8 Å². The van der Waals surface area contributed by atoms with Crippen molar-refractivity contribution in [2.75, 3.05) is 6.54 Å². The van der Waals surface area contributed by atoms with Crippen LogP contribution in [0.25, 0.3) is 0 Å². The first-order chi connectivity index (χ1) is 15.2. The summed E-state index contributed by atoms with van der Waals surface area (Å²) >= 11 is 0. The Labute approximate surface area is 191 Å². The molecule has 0 saturated heterocycles. The van der Waals surface area contributed by atoms with E-state index in [4.69, 9.17) is 0 Å². The lowest BCUT2D eigenvalue weighted by molar-refractivity contribution is -0.121. The van der Waals surface area contributed by atoms with Crippen LogP contribution in [0.3, 0.4) is 0 Å². The molecule has 0 atom stereocenters. The van der Waals surface area contributed by atoms with Gasteiger partial charge in [0.25, 0.3) is 5.91 Å². The molecule has 0 bridgehead atoms. The number of hydrogen-bond donors (Lipinski definition) is 1. The van der Waals surface area contributed by atoms with E-state index in [1.54, 1.807) is 6.21 Å². The first kappa shape index (κ1) is 24.1. The first-order valence-electron chi connectivity index (χ1n) is 11.2. The van der Waals surface area contributed by atoms with Crippen LogP contribution in [0.15, 0.2) is 46.4 Å². The topological polar surface area (TPSA) is 78.8 Å². The third-order valence-electron chi connectivity index (χ3n) is 5.90. The van der Waals surface area contributed by atoms with E-state index < -0.39 is 15.9 Å². The van der Waals surface area contributed by atoms with Gasteiger partial charge in [0.1, 0.15) is 0 Å². The van der Waals surface area contributed by atoms with Gasteiger partial charge in [0.15, 0.2) is 0 Å². The maximum absolute atomic E-state index is 13.8. The van der Waals surface area contributed by atoms with Gasteiger partial charge < -0.3 is 0 Å². The first-order valence-corrected chi connectivity index (χ1v) is 12.6. The molecule has 172 valence electrons. The zero-order valence-electron chi connectivity index (χ0n) is 19.4. The van der Waals surface area contributed by atoms with Gasteiger partial charge in [-0.3, -0.25) is 4.79 Å². The molecular formula is C25H33N3O3S. The lowest BCUT2D eigenvalue weighted by Crippen LogP contribution is -2.46. The average molecular weight is 456 g/mol. The number of carbonyl (C=O) groups excluding carboxylic acids is 1. The largest absolute Gasteiger partial charge is 0.272 e. The summed E-state index contributed by atoms with van der Waals surface area (Å²) in [5, 5.41) is 4.04. The molecular weight excluding hydrogens is 422 g/mol. The van der Waals surface area contributed by atoms with Gasteiger partial charge in [-0.05, 0) is 57.2 Å². The van der Waals surface area contributed by atoms with E-state index in [0.29, 0.717) is 16.0 Å². The van der Waals surface area contributed by atoms with Crippen LogP contribution in [-0.4, -0.2) is 37.4 Å². The maximum Gasteiger partial charge on any atom is 0.255 e.